The summed E-state index contributed by atoms with van der Waals surface area (Å²) in [5.74, 6) is 0.103. The summed E-state index contributed by atoms with van der Waals surface area (Å²) in [5.41, 5.74) is 0.872. The molecule has 0 aliphatic carbocycles. The number of hydrogen-bond donors (Lipinski definition) is 1. The zero-order valence-corrected chi connectivity index (χ0v) is 7.75. The molecule has 0 saturated carbocycles. The van der Waals surface area contributed by atoms with Crippen LogP contribution in [0.2, 0.25) is 0 Å². The van der Waals surface area contributed by atoms with Crippen LogP contribution in [0.25, 0.3) is 0 Å². The SMILES string of the molecule is CCCC(=O)NCCc1ccon1. The first-order chi connectivity index (χ1) is 6.33. The molecule has 0 spiro atoms. The molecule has 72 valence electrons. The van der Waals surface area contributed by atoms with Crippen LogP contribution in [-0.2, 0) is 11.2 Å². The Balaban J connectivity index is 2.11. The molecule has 1 aromatic heterocycles. The van der Waals surface area contributed by atoms with Gasteiger partial charge in [0.1, 0.15) is 6.26 Å². The molecule has 1 amide bonds. The Hall–Kier alpha value is -1.32. The molecule has 1 heterocycles. The van der Waals surface area contributed by atoms with Gasteiger partial charge in [0.25, 0.3) is 0 Å². The maximum atomic E-state index is 11.0. The van der Waals surface area contributed by atoms with Crippen molar-refractivity contribution in [2.75, 3.05) is 6.54 Å². The molecule has 0 aliphatic rings. The van der Waals surface area contributed by atoms with Crippen LogP contribution in [0, 0.1) is 0 Å². The Labute approximate surface area is 77.3 Å². The monoisotopic (exact) mass is 182 g/mol. The van der Waals surface area contributed by atoms with E-state index in [0.717, 1.165) is 18.5 Å². The van der Waals surface area contributed by atoms with Gasteiger partial charge in [-0.05, 0) is 6.42 Å². The molecule has 0 saturated heterocycles. The number of aromatic nitrogens is 1. The van der Waals surface area contributed by atoms with E-state index in [4.69, 9.17) is 0 Å². The molecule has 0 aromatic carbocycles. The first kappa shape index (κ1) is 9.77. The molecule has 1 aromatic rings. The van der Waals surface area contributed by atoms with Gasteiger partial charge in [0, 0.05) is 25.5 Å². The Bertz CT molecular complexity index is 244. The minimum Gasteiger partial charge on any atom is -0.365 e. The maximum Gasteiger partial charge on any atom is 0.219 e. The van der Waals surface area contributed by atoms with Crippen LogP contribution in [0.15, 0.2) is 16.9 Å². The summed E-state index contributed by atoms with van der Waals surface area (Å²) in [5, 5.41) is 6.53. The lowest BCUT2D eigenvalue weighted by molar-refractivity contribution is -0.121. The Morgan fingerprint density at radius 1 is 1.69 bits per heavy atom. The highest BCUT2D eigenvalue weighted by molar-refractivity contribution is 5.75. The van der Waals surface area contributed by atoms with Crippen LogP contribution in [0.1, 0.15) is 25.5 Å². The summed E-state index contributed by atoms with van der Waals surface area (Å²) >= 11 is 0. The normalized spacial score (nSPS) is 9.92. The second-order valence-electron chi connectivity index (χ2n) is 2.84. The zero-order chi connectivity index (χ0) is 9.52. The average molecular weight is 182 g/mol. The lowest BCUT2D eigenvalue weighted by atomic mass is 10.3. The summed E-state index contributed by atoms with van der Waals surface area (Å²) in [6, 6.07) is 1.80. The molecular formula is C9H14N2O2. The number of carbonyl (C=O) groups is 1. The molecule has 1 rings (SSSR count). The fourth-order valence-electron chi connectivity index (χ4n) is 1.01. The van der Waals surface area contributed by atoms with Crippen LogP contribution in [0.3, 0.4) is 0 Å². The van der Waals surface area contributed by atoms with E-state index in [1.165, 1.54) is 6.26 Å². The largest absolute Gasteiger partial charge is 0.365 e. The highest BCUT2D eigenvalue weighted by atomic mass is 16.5. The smallest absolute Gasteiger partial charge is 0.219 e. The van der Waals surface area contributed by atoms with Crippen molar-refractivity contribution in [3.63, 3.8) is 0 Å². The van der Waals surface area contributed by atoms with Crippen LogP contribution in [0.5, 0.6) is 0 Å². The van der Waals surface area contributed by atoms with Crippen molar-refractivity contribution in [2.45, 2.75) is 26.2 Å². The van der Waals surface area contributed by atoms with Crippen molar-refractivity contribution < 1.29 is 9.32 Å². The van der Waals surface area contributed by atoms with E-state index in [1.54, 1.807) is 6.07 Å². The number of amides is 1. The van der Waals surface area contributed by atoms with Gasteiger partial charge in [-0.2, -0.15) is 0 Å². The van der Waals surface area contributed by atoms with Gasteiger partial charge < -0.3 is 9.84 Å². The zero-order valence-electron chi connectivity index (χ0n) is 7.75. The number of hydrogen-bond acceptors (Lipinski definition) is 3. The molecule has 1 N–H and O–H groups in total. The summed E-state index contributed by atoms with van der Waals surface area (Å²) in [7, 11) is 0. The maximum absolute atomic E-state index is 11.0. The molecule has 0 radical (unpaired) electrons. The van der Waals surface area contributed by atoms with Gasteiger partial charge in [-0.25, -0.2) is 0 Å². The third-order valence-electron chi connectivity index (χ3n) is 1.67. The minimum atomic E-state index is 0.103. The standard InChI is InChI=1S/C9H14N2O2/c1-2-3-9(12)10-6-4-8-5-7-13-11-8/h5,7H,2-4,6H2,1H3,(H,10,12). The Kier molecular flexibility index (Phi) is 4.02. The van der Waals surface area contributed by atoms with Crippen molar-refractivity contribution in [3.8, 4) is 0 Å². The third-order valence-corrected chi connectivity index (χ3v) is 1.67. The summed E-state index contributed by atoms with van der Waals surface area (Å²) < 4.78 is 4.66. The average Bonchev–Trinajstić information content (AvgIpc) is 2.57. The van der Waals surface area contributed by atoms with Crippen molar-refractivity contribution in [2.24, 2.45) is 0 Å². The quantitative estimate of drug-likeness (QED) is 0.742. The predicted molar refractivity (Wildman–Crippen MR) is 48.1 cm³/mol. The lowest BCUT2D eigenvalue weighted by Gasteiger charge is -2.01. The van der Waals surface area contributed by atoms with Crippen LogP contribution >= 0.6 is 0 Å². The number of nitrogens with one attached hydrogen (secondary N) is 1. The van der Waals surface area contributed by atoms with Crippen molar-refractivity contribution in [1.29, 1.82) is 0 Å². The van der Waals surface area contributed by atoms with E-state index in [2.05, 4.69) is 15.0 Å². The first-order valence-corrected chi connectivity index (χ1v) is 4.49. The number of rotatable bonds is 5. The Morgan fingerprint density at radius 3 is 3.15 bits per heavy atom. The Morgan fingerprint density at radius 2 is 2.54 bits per heavy atom. The predicted octanol–water partition coefficient (Wildman–Crippen LogP) is 1.13. The van der Waals surface area contributed by atoms with Crippen molar-refractivity contribution in [3.05, 3.63) is 18.0 Å². The number of nitrogens with zero attached hydrogens (tertiary/aromatic N) is 1. The van der Waals surface area contributed by atoms with Gasteiger partial charge >= 0.3 is 0 Å². The van der Waals surface area contributed by atoms with E-state index in [9.17, 15) is 4.79 Å². The van der Waals surface area contributed by atoms with Crippen molar-refractivity contribution in [1.82, 2.24) is 10.5 Å². The van der Waals surface area contributed by atoms with Crippen LogP contribution in [-0.4, -0.2) is 17.6 Å². The molecule has 0 aliphatic heterocycles. The van der Waals surface area contributed by atoms with E-state index in [0.29, 0.717) is 13.0 Å². The van der Waals surface area contributed by atoms with E-state index in [1.807, 2.05) is 6.92 Å². The van der Waals surface area contributed by atoms with Crippen molar-refractivity contribution >= 4 is 5.91 Å². The van der Waals surface area contributed by atoms with E-state index in [-0.39, 0.29) is 5.91 Å². The highest BCUT2D eigenvalue weighted by Crippen LogP contribution is 1.94. The topological polar surface area (TPSA) is 55.1 Å². The molecular weight excluding hydrogens is 168 g/mol. The van der Waals surface area contributed by atoms with Gasteiger partial charge in [-0.1, -0.05) is 12.1 Å². The summed E-state index contributed by atoms with van der Waals surface area (Å²) in [4.78, 5) is 11.0. The van der Waals surface area contributed by atoms with E-state index >= 15 is 0 Å². The molecule has 0 atom stereocenters. The molecule has 13 heavy (non-hydrogen) atoms. The summed E-state index contributed by atoms with van der Waals surface area (Å²) in [6.45, 7) is 2.61. The second kappa shape index (κ2) is 5.35. The summed E-state index contributed by atoms with van der Waals surface area (Å²) in [6.07, 6.45) is 3.74. The second-order valence-corrected chi connectivity index (χ2v) is 2.84. The molecule has 4 nitrogen and oxygen atoms in total. The van der Waals surface area contributed by atoms with Gasteiger partial charge in [0.15, 0.2) is 0 Å². The van der Waals surface area contributed by atoms with E-state index < -0.39 is 0 Å². The molecule has 0 fully saturated rings. The fourth-order valence-corrected chi connectivity index (χ4v) is 1.01. The van der Waals surface area contributed by atoms with Gasteiger partial charge in [-0.3, -0.25) is 4.79 Å². The van der Waals surface area contributed by atoms with Gasteiger partial charge in [-0.15, -0.1) is 0 Å². The lowest BCUT2D eigenvalue weighted by Crippen LogP contribution is -2.25. The first-order valence-electron chi connectivity index (χ1n) is 4.49. The highest BCUT2D eigenvalue weighted by Gasteiger charge is 1.99. The van der Waals surface area contributed by atoms with Gasteiger partial charge in [0.2, 0.25) is 5.91 Å². The molecule has 0 unspecified atom stereocenters. The number of carbonyl (C=O) groups excluding carboxylic acids is 1. The van der Waals surface area contributed by atoms with Gasteiger partial charge in [0.05, 0.1) is 5.69 Å². The minimum absolute atomic E-state index is 0.103. The fraction of sp³-hybridized carbons (Fsp3) is 0.556. The van der Waals surface area contributed by atoms with Crippen LogP contribution in [0.4, 0.5) is 0 Å². The molecule has 4 heteroatoms. The third kappa shape index (κ3) is 3.73. The molecule has 0 bridgehead atoms. The van der Waals surface area contributed by atoms with Crippen LogP contribution < -0.4 is 5.32 Å².